The summed E-state index contributed by atoms with van der Waals surface area (Å²) < 4.78 is 0. The third-order valence-corrected chi connectivity index (χ3v) is 3.96. The van der Waals surface area contributed by atoms with Crippen molar-refractivity contribution in [2.75, 3.05) is 31.1 Å². The average molecular weight is 311 g/mol. The van der Waals surface area contributed by atoms with Crippen molar-refractivity contribution in [3.63, 3.8) is 0 Å². The van der Waals surface area contributed by atoms with Gasteiger partial charge in [0.25, 0.3) is 0 Å². The van der Waals surface area contributed by atoms with E-state index in [-0.39, 0.29) is 6.03 Å². The fourth-order valence-electron chi connectivity index (χ4n) is 2.58. The average Bonchev–Trinajstić information content (AvgIpc) is 2.61. The van der Waals surface area contributed by atoms with Crippen molar-refractivity contribution in [1.82, 2.24) is 20.4 Å². The van der Waals surface area contributed by atoms with E-state index in [1.54, 1.807) is 0 Å². The van der Waals surface area contributed by atoms with E-state index >= 15 is 0 Å². The van der Waals surface area contributed by atoms with Gasteiger partial charge in [0.05, 0.1) is 5.69 Å². The van der Waals surface area contributed by atoms with E-state index in [4.69, 9.17) is 0 Å². The highest BCUT2D eigenvalue weighted by atomic mass is 16.2. The van der Waals surface area contributed by atoms with Gasteiger partial charge in [0.1, 0.15) is 0 Å². The molecule has 0 unspecified atom stereocenters. The smallest absolute Gasteiger partial charge is 0.317 e. The second kappa shape index (κ2) is 7.09. The molecule has 23 heavy (non-hydrogen) atoms. The number of benzene rings is 1. The number of nitrogens with one attached hydrogen (secondary N) is 1. The molecule has 6 nitrogen and oxygen atoms in total. The van der Waals surface area contributed by atoms with Crippen molar-refractivity contribution in [3.05, 3.63) is 53.7 Å². The summed E-state index contributed by atoms with van der Waals surface area (Å²) in [6.45, 7) is 5.41. The largest absolute Gasteiger partial charge is 0.352 e. The Morgan fingerprint density at radius 1 is 1.04 bits per heavy atom. The van der Waals surface area contributed by atoms with Gasteiger partial charge in [0.15, 0.2) is 5.82 Å². The highest BCUT2D eigenvalue weighted by Crippen LogP contribution is 2.12. The SMILES string of the molecule is Cc1ccc(N2CCN(C(=O)NCc3ccccc3)CC2)nn1. The minimum absolute atomic E-state index is 0.0107. The third kappa shape index (κ3) is 3.97. The Labute approximate surface area is 136 Å². The fourth-order valence-corrected chi connectivity index (χ4v) is 2.58. The molecule has 0 radical (unpaired) electrons. The first-order valence-electron chi connectivity index (χ1n) is 7.84. The molecule has 1 fully saturated rings. The molecule has 1 aliphatic heterocycles. The second-order valence-electron chi connectivity index (χ2n) is 5.65. The summed E-state index contributed by atoms with van der Waals surface area (Å²) in [6, 6.07) is 13.9. The zero-order valence-electron chi connectivity index (χ0n) is 13.3. The van der Waals surface area contributed by atoms with E-state index in [1.165, 1.54) is 0 Å². The molecule has 0 spiro atoms. The summed E-state index contributed by atoms with van der Waals surface area (Å²) in [5.74, 6) is 0.875. The molecule has 1 saturated heterocycles. The number of rotatable bonds is 3. The fraction of sp³-hybridized carbons (Fsp3) is 0.353. The van der Waals surface area contributed by atoms with Crippen LogP contribution in [0.3, 0.4) is 0 Å². The molecule has 0 saturated carbocycles. The summed E-state index contributed by atoms with van der Waals surface area (Å²) in [7, 11) is 0. The van der Waals surface area contributed by atoms with Gasteiger partial charge in [0.2, 0.25) is 0 Å². The van der Waals surface area contributed by atoms with Crippen molar-refractivity contribution in [1.29, 1.82) is 0 Å². The van der Waals surface area contributed by atoms with E-state index in [9.17, 15) is 4.79 Å². The predicted molar refractivity (Wildman–Crippen MR) is 89.2 cm³/mol. The van der Waals surface area contributed by atoms with Crippen LogP contribution in [0.2, 0.25) is 0 Å². The molecule has 3 rings (SSSR count). The number of carbonyl (C=O) groups excluding carboxylic acids is 1. The van der Waals surface area contributed by atoms with Gasteiger partial charge in [-0.3, -0.25) is 0 Å². The first-order chi connectivity index (χ1) is 11.2. The van der Waals surface area contributed by atoms with Crippen molar-refractivity contribution in [2.45, 2.75) is 13.5 Å². The Morgan fingerprint density at radius 2 is 1.78 bits per heavy atom. The Kier molecular flexibility index (Phi) is 4.71. The number of urea groups is 1. The van der Waals surface area contributed by atoms with E-state index in [0.29, 0.717) is 19.6 Å². The first kappa shape index (κ1) is 15.3. The maximum Gasteiger partial charge on any atom is 0.317 e. The number of carbonyl (C=O) groups is 1. The zero-order valence-corrected chi connectivity index (χ0v) is 13.3. The number of hydrogen-bond acceptors (Lipinski definition) is 4. The van der Waals surface area contributed by atoms with Crippen molar-refractivity contribution >= 4 is 11.8 Å². The summed E-state index contributed by atoms with van der Waals surface area (Å²) in [5.41, 5.74) is 2.02. The lowest BCUT2D eigenvalue weighted by atomic mass is 10.2. The maximum absolute atomic E-state index is 12.2. The van der Waals surface area contributed by atoms with Crippen molar-refractivity contribution in [3.8, 4) is 0 Å². The molecular weight excluding hydrogens is 290 g/mol. The molecule has 0 aliphatic carbocycles. The van der Waals surface area contributed by atoms with Gasteiger partial charge in [-0.25, -0.2) is 4.79 Å². The van der Waals surface area contributed by atoms with Crippen molar-refractivity contribution < 1.29 is 4.79 Å². The number of amides is 2. The van der Waals surface area contributed by atoms with Crippen LogP contribution in [0.1, 0.15) is 11.3 Å². The van der Waals surface area contributed by atoms with E-state index in [2.05, 4.69) is 20.4 Å². The molecule has 0 bridgehead atoms. The van der Waals surface area contributed by atoms with E-state index in [0.717, 1.165) is 30.2 Å². The van der Waals surface area contributed by atoms with Gasteiger partial charge in [-0.15, -0.1) is 5.10 Å². The van der Waals surface area contributed by atoms with Gasteiger partial charge in [-0.1, -0.05) is 30.3 Å². The van der Waals surface area contributed by atoms with Crippen LogP contribution in [0.25, 0.3) is 0 Å². The van der Waals surface area contributed by atoms with E-state index < -0.39 is 0 Å². The zero-order chi connectivity index (χ0) is 16.1. The van der Waals surface area contributed by atoms with Crippen molar-refractivity contribution in [2.24, 2.45) is 0 Å². The first-order valence-corrected chi connectivity index (χ1v) is 7.84. The standard InChI is InChI=1S/C17H21N5O/c1-14-7-8-16(20-19-14)21-9-11-22(12-10-21)17(23)18-13-15-5-3-2-4-6-15/h2-8H,9-13H2,1H3,(H,18,23). The lowest BCUT2D eigenvalue weighted by Crippen LogP contribution is -2.52. The number of hydrogen-bond donors (Lipinski definition) is 1. The third-order valence-electron chi connectivity index (χ3n) is 3.96. The number of aryl methyl sites for hydroxylation is 1. The molecule has 0 atom stereocenters. The highest BCUT2D eigenvalue weighted by molar-refractivity contribution is 5.74. The minimum atomic E-state index is -0.0107. The lowest BCUT2D eigenvalue weighted by molar-refractivity contribution is 0.194. The predicted octanol–water partition coefficient (Wildman–Crippen LogP) is 1.82. The molecule has 2 amide bonds. The summed E-state index contributed by atoms with van der Waals surface area (Å²) in [6.07, 6.45) is 0. The molecule has 120 valence electrons. The topological polar surface area (TPSA) is 61.4 Å². The maximum atomic E-state index is 12.2. The Balaban J connectivity index is 1.48. The van der Waals surface area contributed by atoms with Crippen LogP contribution < -0.4 is 10.2 Å². The lowest BCUT2D eigenvalue weighted by Gasteiger charge is -2.35. The molecule has 1 aromatic carbocycles. The molecule has 1 N–H and O–H groups in total. The Hall–Kier alpha value is -2.63. The quantitative estimate of drug-likeness (QED) is 0.939. The van der Waals surface area contributed by atoms with Gasteiger partial charge >= 0.3 is 6.03 Å². The molecule has 1 aromatic heterocycles. The van der Waals surface area contributed by atoms with Crippen LogP contribution in [-0.4, -0.2) is 47.3 Å². The van der Waals surface area contributed by atoms with E-state index in [1.807, 2.05) is 54.3 Å². The molecule has 2 aromatic rings. The van der Waals surface area contributed by atoms with Crippen LogP contribution in [-0.2, 0) is 6.54 Å². The number of nitrogens with zero attached hydrogens (tertiary/aromatic N) is 4. The summed E-state index contributed by atoms with van der Waals surface area (Å²) >= 11 is 0. The van der Waals surface area contributed by atoms with Crippen LogP contribution in [0.4, 0.5) is 10.6 Å². The number of aromatic nitrogens is 2. The van der Waals surface area contributed by atoms with Gasteiger partial charge < -0.3 is 15.1 Å². The normalized spacial score (nSPS) is 14.7. The molecule has 2 heterocycles. The second-order valence-corrected chi connectivity index (χ2v) is 5.65. The van der Waals surface area contributed by atoms with Crippen LogP contribution in [0.15, 0.2) is 42.5 Å². The van der Waals surface area contributed by atoms with Crippen LogP contribution in [0, 0.1) is 6.92 Å². The minimum Gasteiger partial charge on any atom is -0.352 e. The summed E-state index contributed by atoms with van der Waals surface area (Å²) in [4.78, 5) is 16.2. The van der Waals surface area contributed by atoms with Crippen LogP contribution in [0.5, 0.6) is 0 Å². The Morgan fingerprint density at radius 3 is 2.43 bits per heavy atom. The van der Waals surface area contributed by atoms with Gasteiger partial charge in [-0.2, -0.15) is 5.10 Å². The van der Waals surface area contributed by atoms with Gasteiger partial charge in [0, 0.05) is 32.7 Å². The summed E-state index contributed by atoms with van der Waals surface area (Å²) in [5, 5.41) is 11.3. The molecular formula is C17H21N5O. The number of piperazine rings is 1. The monoisotopic (exact) mass is 311 g/mol. The Bertz CT molecular complexity index is 636. The highest BCUT2D eigenvalue weighted by Gasteiger charge is 2.21. The molecule has 1 aliphatic rings. The molecule has 6 heteroatoms. The van der Waals surface area contributed by atoms with Crippen LogP contribution >= 0.6 is 0 Å². The number of anilines is 1. The van der Waals surface area contributed by atoms with Gasteiger partial charge in [-0.05, 0) is 24.6 Å².